The largest absolute Gasteiger partial charge is 0.352 e. The molecule has 1 saturated heterocycles. The molecule has 2 aliphatic rings. The molecule has 1 heterocycles. The van der Waals surface area contributed by atoms with E-state index in [2.05, 4.69) is 17.6 Å². The van der Waals surface area contributed by atoms with Crippen molar-refractivity contribution in [1.82, 2.24) is 10.6 Å². The Bertz CT molecular complexity index is 230. The van der Waals surface area contributed by atoms with Crippen LogP contribution in [0.3, 0.4) is 0 Å². The fourth-order valence-electron chi connectivity index (χ4n) is 2.79. The monoisotopic (exact) mass is 210 g/mol. The molecule has 2 N–H and O–H groups in total. The topological polar surface area (TPSA) is 41.1 Å². The van der Waals surface area contributed by atoms with Crippen LogP contribution in [0.1, 0.15) is 45.4 Å². The Balaban J connectivity index is 1.87. The summed E-state index contributed by atoms with van der Waals surface area (Å²) < 4.78 is 0. The van der Waals surface area contributed by atoms with E-state index in [0.29, 0.717) is 11.9 Å². The van der Waals surface area contributed by atoms with Crippen molar-refractivity contribution in [2.24, 2.45) is 5.41 Å². The van der Waals surface area contributed by atoms with E-state index in [1.807, 2.05) is 0 Å². The second kappa shape index (κ2) is 4.52. The van der Waals surface area contributed by atoms with Gasteiger partial charge in [-0.15, -0.1) is 0 Å². The minimum atomic E-state index is 0.0113. The van der Waals surface area contributed by atoms with Gasteiger partial charge in [0.1, 0.15) is 0 Å². The second-order valence-electron chi connectivity index (χ2n) is 5.05. The molecule has 1 amide bonds. The lowest BCUT2D eigenvalue weighted by molar-refractivity contribution is -0.137. The number of carbonyl (C=O) groups is 1. The van der Waals surface area contributed by atoms with E-state index >= 15 is 0 Å². The summed E-state index contributed by atoms with van der Waals surface area (Å²) in [7, 11) is 0. The van der Waals surface area contributed by atoms with Crippen molar-refractivity contribution >= 4 is 5.91 Å². The summed E-state index contributed by atoms with van der Waals surface area (Å²) >= 11 is 0. The van der Waals surface area contributed by atoms with Crippen LogP contribution in [0.15, 0.2) is 0 Å². The molecule has 0 aromatic carbocycles. The van der Waals surface area contributed by atoms with Gasteiger partial charge in [0.15, 0.2) is 0 Å². The smallest absolute Gasteiger partial charge is 0.226 e. The molecule has 0 spiro atoms. The molecule has 1 atom stereocenters. The van der Waals surface area contributed by atoms with Gasteiger partial charge >= 0.3 is 0 Å². The maximum Gasteiger partial charge on any atom is 0.226 e. The van der Waals surface area contributed by atoms with Crippen LogP contribution in [0.4, 0.5) is 0 Å². The number of carbonyl (C=O) groups excluding carboxylic acids is 1. The van der Waals surface area contributed by atoms with E-state index in [4.69, 9.17) is 0 Å². The van der Waals surface area contributed by atoms with Crippen molar-refractivity contribution in [2.75, 3.05) is 13.1 Å². The fraction of sp³-hybridized carbons (Fsp3) is 0.917. The second-order valence-corrected chi connectivity index (χ2v) is 5.05. The zero-order valence-electron chi connectivity index (χ0n) is 9.64. The van der Waals surface area contributed by atoms with Crippen molar-refractivity contribution in [1.29, 1.82) is 0 Å². The fourth-order valence-corrected chi connectivity index (χ4v) is 2.79. The van der Waals surface area contributed by atoms with Crippen molar-refractivity contribution < 1.29 is 4.79 Å². The van der Waals surface area contributed by atoms with Crippen molar-refractivity contribution in [3.8, 4) is 0 Å². The molecule has 0 aromatic rings. The molecule has 1 saturated carbocycles. The van der Waals surface area contributed by atoms with Gasteiger partial charge in [-0.1, -0.05) is 19.8 Å². The van der Waals surface area contributed by atoms with Crippen LogP contribution in [-0.4, -0.2) is 25.0 Å². The molecule has 1 aliphatic carbocycles. The van der Waals surface area contributed by atoms with E-state index in [0.717, 1.165) is 45.2 Å². The Morgan fingerprint density at radius 3 is 2.80 bits per heavy atom. The number of rotatable bonds is 4. The van der Waals surface area contributed by atoms with Crippen LogP contribution in [-0.2, 0) is 4.79 Å². The Morgan fingerprint density at radius 1 is 1.53 bits per heavy atom. The van der Waals surface area contributed by atoms with E-state index in [9.17, 15) is 4.79 Å². The summed E-state index contributed by atoms with van der Waals surface area (Å²) in [5.74, 6) is 0.323. The summed E-state index contributed by atoms with van der Waals surface area (Å²) in [6.45, 7) is 4.17. The van der Waals surface area contributed by atoms with Gasteiger partial charge in [-0.3, -0.25) is 4.79 Å². The minimum Gasteiger partial charge on any atom is -0.352 e. The highest BCUT2D eigenvalue weighted by Crippen LogP contribution is 2.45. The van der Waals surface area contributed by atoms with Gasteiger partial charge in [0, 0.05) is 18.0 Å². The molecular formula is C12H22N2O. The lowest BCUT2D eigenvalue weighted by Crippen LogP contribution is -2.49. The van der Waals surface area contributed by atoms with Gasteiger partial charge in [-0.25, -0.2) is 0 Å². The summed E-state index contributed by atoms with van der Waals surface area (Å²) in [4.78, 5) is 12.2. The van der Waals surface area contributed by atoms with Crippen LogP contribution >= 0.6 is 0 Å². The van der Waals surface area contributed by atoms with Gasteiger partial charge in [0.2, 0.25) is 5.91 Å². The van der Waals surface area contributed by atoms with Crippen molar-refractivity contribution in [3.05, 3.63) is 0 Å². The molecule has 0 radical (unpaired) electrons. The summed E-state index contributed by atoms with van der Waals surface area (Å²) in [5, 5.41) is 6.49. The van der Waals surface area contributed by atoms with Crippen LogP contribution in [0.5, 0.6) is 0 Å². The van der Waals surface area contributed by atoms with E-state index in [1.54, 1.807) is 0 Å². The maximum absolute atomic E-state index is 12.2. The Kier molecular flexibility index (Phi) is 3.29. The highest BCUT2D eigenvalue weighted by atomic mass is 16.2. The maximum atomic E-state index is 12.2. The molecule has 0 aromatic heterocycles. The number of nitrogens with one attached hydrogen (secondary N) is 2. The molecule has 2 rings (SSSR count). The highest BCUT2D eigenvalue weighted by molar-refractivity contribution is 5.83. The van der Waals surface area contributed by atoms with Crippen molar-refractivity contribution in [3.63, 3.8) is 0 Å². The van der Waals surface area contributed by atoms with Gasteiger partial charge in [0.05, 0.1) is 0 Å². The first kappa shape index (κ1) is 10.9. The first-order valence-corrected chi connectivity index (χ1v) is 6.28. The zero-order chi connectivity index (χ0) is 10.7. The van der Waals surface area contributed by atoms with Gasteiger partial charge in [-0.2, -0.15) is 0 Å². The molecule has 1 aliphatic heterocycles. The molecule has 3 heteroatoms. The lowest BCUT2D eigenvalue weighted by atomic mass is 9.65. The number of amides is 1. The summed E-state index contributed by atoms with van der Waals surface area (Å²) in [6.07, 6.45) is 6.72. The van der Waals surface area contributed by atoms with Gasteiger partial charge in [0.25, 0.3) is 0 Å². The third-order valence-corrected chi connectivity index (χ3v) is 3.92. The zero-order valence-corrected chi connectivity index (χ0v) is 9.64. The Labute approximate surface area is 92.0 Å². The molecule has 1 unspecified atom stereocenters. The predicted octanol–water partition coefficient (Wildman–Crippen LogP) is 1.43. The van der Waals surface area contributed by atoms with Gasteiger partial charge < -0.3 is 10.6 Å². The minimum absolute atomic E-state index is 0.0113. The number of hydrogen-bond acceptors (Lipinski definition) is 2. The van der Waals surface area contributed by atoms with E-state index in [-0.39, 0.29) is 5.41 Å². The van der Waals surface area contributed by atoms with Gasteiger partial charge in [-0.05, 0) is 32.2 Å². The SMILES string of the molecule is CCCC1(C(=O)NC2CCNC2)CCC1. The van der Waals surface area contributed by atoms with Crippen LogP contribution in [0.2, 0.25) is 0 Å². The van der Waals surface area contributed by atoms with E-state index in [1.165, 1.54) is 6.42 Å². The normalized spacial score (nSPS) is 28.5. The Hall–Kier alpha value is -0.570. The van der Waals surface area contributed by atoms with Crippen molar-refractivity contribution in [2.45, 2.75) is 51.5 Å². The third kappa shape index (κ3) is 2.17. The first-order chi connectivity index (χ1) is 7.27. The summed E-state index contributed by atoms with van der Waals surface area (Å²) in [5.41, 5.74) is 0.0113. The number of hydrogen-bond donors (Lipinski definition) is 2. The first-order valence-electron chi connectivity index (χ1n) is 6.28. The van der Waals surface area contributed by atoms with Crippen LogP contribution in [0.25, 0.3) is 0 Å². The predicted molar refractivity (Wildman–Crippen MR) is 60.6 cm³/mol. The van der Waals surface area contributed by atoms with Crippen LogP contribution in [0, 0.1) is 5.41 Å². The lowest BCUT2D eigenvalue weighted by Gasteiger charge is -2.40. The third-order valence-electron chi connectivity index (χ3n) is 3.92. The molecular weight excluding hydrogens is 188 g/mol. The molecule has 2 fully saturated rings. The average Bonchev–Trinajstić information content (AvgIpc) is 2.63. The molecule has 3 nitrogen and oxygen atoms in total. The Morgan fingerprint density at radius 2 is 2.33 bits per heavy atom. The molecule has 15 heavy (non-hydrogen) atoms. The average molecular weight is 210 g/mol. The standard InChI is InChI=1S/C12H22N2O/c1-2-5-12(6-3-7-12)11(15)14-10-4-8-13-9-10/h10,13H,2-9H2,1H3,(H,14,15). The molecule has 0 bridgehead atoms. The quantitative estimate of drug-likeness (QED) is 0.737. The highest BCUT2D eigenvalue weighted by Gasteiger charge is 2.43. The summed E-state index contributed by atoms with van der Waals surface area (Å²) in [6, 6.07) is 0.381. The van der Waals surface area contributed by atoms with E-state index < -0.39 is 0 Å². The molecule has 86 valence electrons. The van der Waals surface area contributed by atoms with Crippen LogP contribution < -0.4 is 10.6 Å².